The maximum Gasteiger partial charge on any atom is 0.278 e. The minimum Gasteiger partial charge on any atom is -0.344 e. The second-order valence-corrected chi connectivity index (χ2v) is 7.49. The highest BCUT2D eigenvalue weighted by molar-refractivity contribution is 6.30. The summed E-state index contributed by atoms with van der Waals surface area (Å²) in [4.78, 5) is 21.9. The highest BCUT2D eigenvalue weighted by atomic mass is 35.5. The monoisotopic (exact) mass is 435 g/mol. The zero-order valence-corrected chi connectivity index (χ0v) is 17.0. The molecule has 2 aromatic carbocycles. The van der Waals surface area contributed by atoms with E-state index >= 15 is 0 Å². The summed E-state index contributed by atoms with van der Waals surface area (Å²) >= 11 is 5.98. The van der Waals surface area contributed by atoms with Crippen molar-refractivity contribution in [1.82, 2.24) is 24.3 Å². The Hall–Kier alpha value is -3.78. The van der Waals surface area contributed by atoms with Crippen LogP contribution in [0.1, 0.15) is 5.89 Å². The summed E-state index contributed by atoms with van der Waals surface area (Å²) in [5.74, 6) is 0.0741. The van der Waals surface area contributed by atoms with E-state index in [0.29, 0.717) is 21.6 Å². The van der Waals surface area contributed by atoms with Crippen molar-refractivity contribution in [3.05, 3.63) is 88.1 Å². The molecule has 154 valence electrons. The first-order valence-corrected chi connectivity index (χ1v) is 9.76. The van der Waals surface area contributed by atoms with Gasteiger partial charge < -0.3 is 9.09 Å². The molecular formula is C22H15ClFN5O2. The van der Waals surface area contributed by atoms with E-state index < -0.39 is 5.82 Å². The lowest BCUT2D eigenvalue weighted by Crippen LogP contribution is -2.22. The van der Waals surface area contributed by atoms with E-state index in [2.05, 4.69) is 15.1 Å². The largest absolute Gasteiger partial charge is 0.344 e. The Morgan fingerprint density at radius 2 is 1.94 bits per heavy atom. The lowest BCUT2D eigenvalue weighted by Gasteiger charge is -2.03. The molecule has 0 aliphatic heterocycles. The molecule has 5 aromatic rings. The minimum atomic E-state index is -0.394. The van der Waals surface area contributed by atoms with Crippen LogP contribution in [0.3, 0.4) is 0 Å². The molecule has 0 saturated heterocycles. The number of aromatic nitrogens is 5. The van der Waals surface area contributed by atoms with Gasteiger partial charge in [-0.15, -0.1) is 0 Å². The molecule has 0 radical (unpaired) electrons. The van der Waals surface area contributed by atoms with Gasteiger partial charge >= 0.3 is 0 Å². The Kier molecular flexibility index (Phi) is 4.63. The van der Waals surface area contributed by atoms with Crippen molar-refractivity contribution in [2.75, 3.05) is 0 Å². The van der Waals surface area contributed by atoms with E-state index in [0.717, 1.165) is 11.1 Å². The number of aryl methyl sites for hydroxylation is 1. The summed E-state index contributed by atoms with van der Waals surface area (Å²) < 4.78 is 21.8. The van der Waals surface area contributed by atoms with E-state index in [9.17, 15) is 9.18 Å². The van der Waals surface area contributed by atoms with Gasteiger partial charge in [-0.3, -0.25) is 9.36 Å². The zero-order valence-electron chi connectivity index (χ0n) is 16.3. The molecule has 0 bridgehead atoms. The molecule has 3 heterocycles. The molecule has 0 aliphatic carbocycles. The van der Waals surface area contributed by atoms with Crippen molar-refractivity contribution >= 4 is 22.6 Å². The first kappa shape index (κ1) is 19.2. The number of benzene rings is 2. The van der Waals surface area contributed by atoms with E-state index in [1.165, 1.54) is 23.0 Å². The molecule has 0 amide bonds. The standard InChI is InChI=1S/C22H15ClFN5O2/c1-28-10-17(13-5-7-15(23)8-6-13)19-20(28)22(30)29(12-25-19)11-18-26-21(27-31-18)14-3-2-4-16(24)9-14/h2-10,12H,11H2,1H3. The third-order valence-electron chi connectivity index (χ3n) is 4.96. The van der Waals surface area contributed by atoms with Gasteiger partial charge in [0.25, 0.3) is 5.56 Å². The second kappa shape index (κ2) is 7.48. The third kappa shape index (κ3) is 3.51. The summed E-state index contributed by atoms with van der Waals surface area (Å²) in [6.45, 7) is 0.0472. The van der Waals surface area contributed by atoms with Crippen molar-refractivity contribution in [2.24, 2.45) is 7.05 Å². The van der Waals surface area contributed by atoms with Crippen molar-refractivity contribution < 1.29 is 8.91 Å². The van der Waals surface area contributed by atoms with E-state index in [4.69, 9.17) is 16.1 Å². The summed E-state index contributed by atoms with van der Waals surface area (Å²) in [6.07, 6.45) is 3.32. The van der Waals surface area contributed by atoms with Crippen molar-refractivity contribution in [3.63, 3.8) is 0 Å². The van der Waals surface area contributed by atoms with Gasteiger partial charge in [-0.1, -0.05) is 41.0 Å². The molecule has 0 unspecified atom stereocenters. The van der Waals surface area contributed by atoms with E-state index in [-0.39, 0.29) is 23.8 Å². The maximum atomic E-state index is 13.4. The fraction of sp³-hybridized carbons (Fsp3) is 0.0909. The normalized spacial score (nSPS) is 11.3. The van der Waals surface area contributed by atoms with Gasteiger partial charge in [-0.05, 0) is 29.8 Å². The molecule has 0 spiro atoms. The van der Waals surface area contributed by atoms with Crippen molar-refractivity contribution in [1.29, 1.82) is 0 Å². The molecular weight excluding hydrogens is 421 g/mol. The Labute approximate surface area is 180 Å². The molecule has 5 rings (SSSR count). The Bertz CT molecular complexity index is 1470. The van der Waals surface area contributed by atoms with Crippen molar-refractivity contribution in [2.45, 2.75) is 6.54 Å². The molecule has 31 heavy (non-hydrogen) atoms. The number of halogens is 2. The molecule has 9 heteroatoms. The van der Waals surface area contributed by atoms with Crippen LogP contribution in [0.25, 0.3) is 33.5 Å². The fourth-order valence-corrected chi connectivity index (χ4v) is 3.60. The van der Waals surface area contributed by atoms with E-state index in [1.807, 2.05) is 18.3 Å². The van der Waals surface area contributed by atoms with Gasteiger partial charge in [-0.25, -0.2) is 9.37 Å². The molecule has 0 fully saturated rings. The highest BCUT2D eigenvalue weighted by Crippen LogP contribution is 2.28. The van der Waals surface area contributed by atoms with E-state index in [1.54, 1.807) is 35.9 Å². The summed E-state index contributed by atoms with van der Waals surface area (Å²) in [7, 11) is 1.80. The lowest BCUT2D eigenvalue weighted by atomic mass is 10.1. The number of rotatable bonds is 4. The topological polar surface area (TPSA) is 78.7 Å². The summed E-state index contributed by atoms with van der Waals surface area (Å²) in [6, 6.07) is 13.3. The smallest absolute Gasteiger partial charge is 0.278 e. The average Bonchev–Trinajstić information content (AvgIpc) is 3.36. The average molecular weight is 436 g/mol. The van der Waals surface area contributed by atoms with Gasteiger partial charge in [0.1, 0.15) is 23.4 Å². The first-order chi connectivity index (χ1) is 15.0. The van der Waals surface area contributed by atoms with Crippen LogP contribution in [0.2, 0.25) is 5.02 Å². The number of nitrogens with zero attached hydrogens (tertiary/aromatic N) is 5. The predicted molar refractivity (Wildman–Crippen MR) is 114 cm³/mol. The van der Waals surface area contributed by atoms with Crippen LogP contribution in [0.5, 0.6) is 0 Å². The van der Waals surface area contributed by atoms with Crippen LogP contribution < -0.4 is 5.56 Å². The lowest BCUT2D eigenvalue weighted by molar-refractivity contribution is 0.369. The second-order valence-electron chi connectivity index (χ2n) is 7.06. The first-order valence-electron chi connectivity index (χ1n) is 9.38. The molecule has 0 aliphatic rings. The van der Waals surface area contributed by atoms with Crippen LogP contribution in [0.4, 0.5) is 4.39 Å². The van der Waals surface area contributed by atoms with Crippen LogP contribution in [-0.4, -0.2) is 24.3 Å². The summed E-state index contributed by atoms with van der Waals surface area (Å²) in [5, 5.41) is 4.52. The van der Waals surface area contributed by atoms with Gasteiger partial charge in [-0.2, -0.15) is 4.98 Å². The van der Waals surface area contributed by atoms with Crippen LogP contribution >= 0.6 is 11.6 Å². The number of fused-ring (bicyclic) bond motifs is 1. The zero-order chi connectivity index (χ0) is 21.5. The molecule has 0 saturated carbocycles. The Morgan fingerprint density at radius 1 is 1.13 bits per heavy atom. The maximum absolute atomic E-state index is 13.4. The molecule has 0 N–H and O–H groups in total. The van der Waals surface area contributed by atoms with Crippen LogP contribution in [-0.2, 0) is 13.6 Å². The quantitative estimate of drug-likeness (QED) is 0.420. The SMILES string of the molecule is Cn1cc(-c2ccc(Cl)cc2)c2ncn(Cc3nc(-c4cccc(F)c4)no3)c(=O)c21. The fourth-order valence-electron chi connectivity index (χ4n) is 3.48. The summed E-state index contributed by atoms with van der Waals surface area (Å²) in [5.41, 5.74) is 3.06. The van der Waals surface area contributed by atoms with Gasteiger partial charge in [0.05, 0.1) is 6.33 Å². The van der Waals surface area contributed by atoms with Gasteiger partial charge in [0.2, 0.25) is 11.7 Å². The highest BCUT2D eigenvalue weighted by Gasteiger charge is 2.17. The molecule has 3 aromatic heterocycles. The number of hydrogen-bond donors (Lipinski definition) is 0. The van der Waals surface area contributed by atoms with Crippen LogP contribution in [0.15, 0.2) is 70.4 Å². The van der Waals surface area contributed by atoms with Crippen LogP contribution in [0, 0.1) is 5.82 Å². The third-order valence-corrected chi connectivity index (χ3v) is 5.21. The molecule has 0 atom stereocenters. The van der Waals surface area contributed by atoms with Gasteiger partial charge in [0, 0.05) is 29.4 Å². The predicted octanol–water partition coefficient (Wildman–Crippen LogP) is 4.29. The Balaban J connectivity index is 1.51. The van der Waals surface area contributed by atoms with Gasteiger partial charge in [0.15, 0.2) is 0 Å². The Morgan fingerprint density at radius 3 is 2.71 bits per heavy atom. The minimum absolute atomic E-state index is 0.0472. The number of hydrogen-bond acceptors (Lipinski definition) is 5. The molecule has 7 nitrogen and oxygen atoms in total. The van der Waals surface area contributed by atoms with Crippen molar-refractivity contribution in [3.8, 4) is 22.5 Å².